The lowest BCUT2D eigenvalue weighted by molar-refractivity contribution is -0.117. The summed E-state index contributed by atoms with van der Waals surface area (Å²) in [4.78, 5) is 17.9. The molecule has 1 aliphatic rings. The van der Waals surface area contributed by atoms with Crippen LogP contribution in [-0.4, -0.2) is 46.8 Å². The zero-order valence-corrected chi connectivity index (χ0v) is 18.5. The van der Waals surface area contributed by atoms with Gasteiger partial charge in [-0.3, -0.25) is 9.79 Å². The molecule has 2 N–H and O–H groups in total. The first-order valence-corrected chi connectivity index (χ1v) is 9.42. The van der Waals surface area contributed by atoms with Gasteiger partial charge in [0.15, 0.2) is 5.96 Å². The van der Waals surface area contributed by atoms with E-state index in [4.69, 9.17) is 0 Å². The Bertz CT molecular complexity index is 746. The first kappa shape index (κ1) is 22.1. The third kappa shape index (κ3) is 6.47. The van der Waals surface area contributed by atoms with Gasteiger partial charge in [-0.1, -0.05) is 12.1 Å². The van der Waals surface area contributed by atoms with E-state index in [0.29, 0.717) is 13.0 Å². The minimum Gasteiger partial charge on any atom is -0.356 e. The molecule has 0 spiro atoms. The fraction of sp³-hybridized carbons (Fsp3) is 0.474. The van der Waals surface area contributed by atoms with Gasteiger partial charge in [-0.15, -0.1) is 34.2 Å². The van der Waals surface area contributed by atoms with Crippen molar-refractivity contribution in [3.63, 3.8) is 0 Å². The summed E-state index contributed by atoms with van der Waals surface area (Å²) in [6, 6.07) is 8.14. The molecule has 0 radical (unpaired) electrons. The summed E-state index contributed by atoms with van der Waals surface area (Å²) in [6.45, 7) is 3.29. The number of nitrogens with one attached hydrogen (secondary N) is 2. The van der Waals surface area contributed by atoms with E-state index < -0.39 is 0 Å². The highest BCUT2D eigenvalue weighted by Crippen LogP contribution is 2.21. The minimum absolute atomic E-state index is 0. The van der Waals surface area contributed by atoms with E-state index >= 15 is 0 Å². The molecule has 3 rings (SSSR count). The summed E-state index contributed by atoms with van der Waals surface area (Å²) in [5.41, 5.74) is 2.14. The maximum Gasteiger partial charge on any atom is 0.227 e. The number of aromatic nitrogens is 3. The molecule has 0 saturated carbocycles. The maximum atomic E-state index is 11.8. The van der Waals surface area contributed by atoms with Crippen molar-refractivity contribution in [2.45, 2.75) is 38.8 Å². The van der Waals surface area contributed by atoms with E-state index in [-0.39, 0.29) is 29.9 Å². The SMILES string of the molecule is CN=C(NCCCCn1cnnc1)NCc1ccc(N2CCCC2=O)cc1.I. The normalized spacial score (nSPS) is 14.1. The fourth-order valence-electron chi connectivity index (χ4n) is 3.09. The number of guanidine groups is 1. The van der Waals surface area contributed by atoms with Crippen LogP contribution < -0.4 is 15.5 Å². The number of unbranched alkanes of at least 4 members (excludes halogenated alkanes) is 1. The van der Waals surface area contributed by atoms with Crippen LogP contribution in [0, 0.1) is 0 Å². The Kier molecular flexibility index (Phi) is 9.18. The number of hydrogen-bond acceptors (Lipinski definition) is 4. The van der Waals surface area contributed by atoms with Gasteiger partial charge in [0.25, 0.3) is 0 Å². The molecule has 1 fully saturated rings. The molecule has 1 aromatic heterocycles. The molecule has 8 nitrogen and oxygen atoms in total. The van der Waals surface area contributed by atoms with E-state index in [0.717, 1.165) is 56.1 Å². The monoisotopic (exact) mass is 497 g/mol. The molecule has 152 valence electrons. The van der Waals surface area contributed by atoms with Gasteiger partial charge in [0.05, 0.1) is 0 Å². The first-order valence-electron chi connectivity index (χ1n) is 9.42. The molecule has 1 saturated heterocycles. The Morgan fingerprint density at radius 1 is 1.14 bits per heavy atom. The number of rotatable bonds is 8. The molecule has 1 aliphatic heterocycles. The number of benzene rings is 1. The van der Waals surface area contributed by atoms with Crippen molar-refractivity contribution in [2.24, 2.45) is 4.99 Å². The standard InChI is InChI=1S/C19H27N7O.HI/c1-20-19(21-10-2-3-11-25-14-23-24-15-25)22-13-16-6-8-17(9-7-16)26-12-4-5-18(26)27;/h6-9,14-15H,2-5,10-13H2,1H3,(H2,20,21,22);1H. The van der Waals surface area contributed by atoms with Gasteiger partial charge in [-0.2, -0.15) is 0 Å². The maximum absolute atomic E-state index is 11.8. The highest BCUT2D eigenvalue weighted by molar-refractivity contribution is 14.0. The summed E-state index contributed by atoms with van der Waals surface area (Å²) < 4.78 is 1.98. The van der Waals surface area contributed by atoms with Gasteiger partial charge >= 0.3 is 0 Å². The van der Waals surface area contributed by atoms with Crippen LogP contribution in [0.25, 0.3) is 0 Å². The van der Waals surface area contributed by atoms with Crippen molar-refractivity contribution in [3.05, 3.63) is 42.5 Å². The van der Waals surface area contributed by atoms with Gasteiger partial charge in [0.1, 0.15) is 12.7 Å². The second-order valence-electron chi connectivity index (χ2n) is 6.57. The summed E-state index contributed by atoms with van der Waals surface area (Å²) >= 11 is 0. The quantitative estimate of drug-likeness (QED) is 0.253. The minimum atomic E-state index is 0. The van der Waals surface area contributed by atoms with Crippen molar-refractivity contribution in [2.75, 3.05) is 25.0 Å². The van der Waals surface area contributed by atoms with Crippen molar-refractivity contribution in [1.82, 2.24) is 25.4 Å². The van der Waals surface area contributed by atoms with Crippen molar-refractivity contribution < 1.29 is 4.79 Å². The predicted molar refractivity (Wildman–Crippen MR) is 121 cm³/mol. The van der Waals surface area contributed by atoms with Crippen LogP contribution in [-0.2, 0) is 17.9 Å². The Morgan fingerprint density at radius 3 is 2.54 bits per heavy atom. The van der Waals surface area contributed by atoms with Gasteiger partial charge in [0, 0.05) is 45.3 Å². The summed E-state index contributed by atoms with van der Waals surface area (Å²) in [5.74, 6) is 1.01. The molecule has 0 bridgehead atoms. The van der Waals surface area contributed by atoms with E-state index in [1.165, 1.54) is 0 Å². The third-order valence-electron chi connectivity index (χ3n) is 4.61. The van der Waals surface area contributed by atoms with Crippen LogP contribution in [0.4, 0.5) is 5.69 Å². The van der Waals surface area contributed by atoms with E-state index in [1.807, 2.05) is 21.6 Å². The Balaban J connectivity index is 0.00000280. The summed E-state index contributed by atoms with van der Waals surface area (Å²) in [5, 5.41) is 14.2. The van der Waals surface area contributed by atoms with Crippen LogP contribution in [0.2, 0.25) is 0 Å². The van der Waals surface area contributed by atoms with Gasteiger partial charge in [-0.25, -0.2) is 0 Å². The first-order chi connectivity index (χ1) is 13.3. The molecule has 9 heteroatoms. The lowest BCUT2D eigenvalue weighted by Gasteiger charge is -2.16. The van der Waals surface area contributed by atoms with Crippen molar-refractivity contribution in [1.29, 1.82) is 0 Å². The molecule has 0 aliphatic carbocycles. The topological polar surface area (TPSA) is 87.4 Å². The molecule has 1 aromatic carbocycles. The Labute approximate surface area is 182 Å². The lowest BCUT2D eigenvalue weighted by Crippen LogP contribution is -2.37. The smallest absolute Gasteiger partial charge is 0.227 e. The van der Waals surface area contributed by atoms with Crippen LogP contribution in [0.5, 0.6) is 0 Å². The molecule has 1 amide bonds. The average molecular weight is 497 g/mol. The zero-order chi connectivity index (χ0) is 18.9. The highest BCUT2D eigenvalue weighted by Gasteiger charge is 2.21. The molecule has 2 heterocycles. The lowest BCUT2D eigenvalue weighted by atomic mass is 10.2. The molecule has 0 atom stereocenters. The molecular weight excluding hydrogens is 469 g/mol. The fourth-order valence-corrected chi connectivity index (χ4v) is 3.09. The number of halogens is 1. The Hall–Kier alpha value is -2.17. The zero-order valence-electron chi connectivity index (χ0n) is 16.2. The molecule has 0 unspecified atom stereocenters. The highest BCUT2D eigenvalue weighted by atomic mass is 127. The number of carbonyl (C=O) groups is 1. The second kappa shape index (κ2) is 11.6. The Morgan fingerprint density at radius 2 is 1.89 bits per heavy atom. The number of carbonyl (C=O) groups excluding carboxylic acids is 1. The number of hydrogen-bond donors (Lipinski definition) is 2. The molecular formula is C19H28IN7O. The number of aryl methyl sites for hydroxylation is 1. The second-order valence-corrected chi connectivity index (χ2v) is 6.57. The van der Waals surface area contributed by atoms with Crippen molar-refractivity contribution in [3.8, 4) is 0 Å². The average Bonchev–Trinajstić information content (AvgIpc) is 3.36. The molecule has 28 heavy (non-hydrogen) atoms. The number of aliphatic imine (C=N–C) groups is 1. The number of amides is 1. The third-order valence-corrected chi connectivity index (χ3v) is 4.61. The van der Waals surface area contributed by atoms with E-state index in [2.05, 4.69) is 38.0 Å². The number of nitrogens with zero attached hydrogens (tertiary/aromatic N) is 5. The van der Waals surface area contributed by atoms with E-state index in [9.17, 15) is 4.79 Å². The van der Waals surface area contributed by atoms with Crippen LogP contribution in [0.15, 0.2) is 41.9 Å². The van der Waals surface area contributed by atoms with E-state index in [1.54, 1.807) is 19.7 Å². The summed E-state index contributed by atoms with van der Waals surface area (Å²) in [6.07, 6.45) is 7.17. The van der Waals surface area contributed by atoms with Crippen LogP contribution in [0.3, 0.4) is 0 Å². The van der Waals surface area contributed by atoms with Crippen molar-refractivity contribution >= 4 is 41.5 Å². The van der Waals surface area contributed by atoms with Gasteiger partial charge in [-0.05, 0) is 37.0 Å². The van der Waals surface area contributed by atoms with Crippen LogP contribution in [0.1, 0.15) is 31.2 Å². The van der Waals surface area contributed by atoms with Gasteiger partial charge < -0.3 is 20.1 Å². The van der Waals surface area contributed by atoms with Crippen LogP contribution >= 0.6 is 24.0 Å². The number of anilines is 1. The largest absolute Gasteiger partial charge is 0.356 e. The summed E-state index contributed by atoms with van der Waals surface area (Å²) in [7, 11) is 1.77. The molecule has 2 aromatic rings. The van der Waals surface area contributed by atoms with Gasteiger partial charge in [0.2, 0.25) is 5.91 Å². The predicted octanol–water partition coefficient (Wildman–Crippen LogP) is 2.17.